The zero-order chi connectivity index (χ0) is 13.2. The van der Waals surface area contributed by atoms with Crippen LogP contribution < -0.4 is 10.2 Å². The van der Waals surface area contributed by atoms with Crippen molar-refractivity contribution in [2.24, 2.45) is 0 Å². The molecule has 0 fully saturated rings. The fraction of sp³-hybridized carbons (Fsp3) is 0.0769. The standard InChI is InChI=1S/C13H9BN2O3/c15-6-9-1-4-13(16-7-9)19-11-2-3-12-10(5-11)8-18-14(12)17/h1-5,7,17H,8H2/p+1. The number of benzene rings is 1. The van der Waals surface area contributed by atoms with Crippen LogP contribution >= 0.6 is 0 Å². The highest BCUT2D eigenvalue weighted by molar-refractivity contribution is 6.61. The number of hydrogen-bond acceptors (Lipinski definition) is 4. The van der Waals surface area contributed by atoms with E-state index in [1.807, 2.05) is 18.2 Å². The van der Waals surface area contributed by atoms with E-state index in [0.717, 1.165) is 11.0 Å². The molecule has 0 aliphatic carbocycles. The van der Waals surface area contributed by atoms with Crippen molar-refractivity contribution in [3.05, 3.63) is 47.7 Å². The van der Waals surface area contributed by atoms with Gasteiger partial charge in [-0.3, -0.25) is 0 Å². The molecule has 0 radical (unpaired) electrons. The van der Waals surface area contributed by atoms with Gasteiger partial charge in [0.1, 0.15) is 11.8 Å². The van der Waals surface area contributed by atoms with E-state index in [2.05, 4.69) is 4.98 Å². The average molecular weight is 253 g/mol. The van der Waals surface area contributed by atoms with Crippen LogP contribution in [0.5, 0.6) is 11.6 Å². The maximum Gasteiger partial charge on any atom is 0.731 e. The quantitative estimate of drug-likeness (QED) is 0.582. The monoisotopic (exact) mass is 253 g/mol. The summed E-state index contributed by atoms with van der Waals surface area (Å²) in [5.41, 5.74) is 2.33. The van der Waals surface area contributed by atoms with Crippen LogP contribution in [0.25, 0.3) is 0 Å². The first kappa shape index (κ1) is 11.7. The largest absolute Gasteiger partial charge is 0.731 e. The molecule has 3 rings (SSSR count). The molecule has 2 N–H and O–H groups in total. The van der Waals surface area contributed by atoms with Crippen LogP contribution in [-0.4, -0.2) is 17.1 Å². The third kappa shape index (κ3) is 2.29. The molecule has 2 heterocycles. The first-order valence-corrected chi connectivity index (χ1v) is 5.76. The lowest BCUT2D eigenvalue weighted by Crippen LogP contribution is -2.27. The number of aromatic nitrogens is 1. The van der Waals surface area contributed by atoms with Gasteiger partial charge in [0, 0.05) is 12.3 Å². The third-order valence-corrected chi connectivity index (χ3v) is 2.89. The molecule has 0 bridgehead atoms. The Kier molecular flexibility index (Phi) is 2.92. The molecule has 92 valence electrons. The Hall–Kier alpha value is -2.36. The van der Waals surface area contributed by atoms with Gasteiger partial charge in [-0.05, 0) is 23.8 Å². The first-order valence-electron chi connectivity index (χ1n) is 5.76. The van der Waals surface area contributed by atoms with Crippen LogP contribution in [0.1, 0.15) is 11.1 Å². The summed E-state index contributed by atoms with van der Waals surface area (Å²) in [4.78, 5) is 4.04. The second kappa shape index (κ2) is 4.73. The summed E-state index contributed by atoms with van der Waals surface area (Å²) >= 11 is 0. The summed E-state index contributed by atoms with van der Waals surface area (Å²) in [6.45, 7) is 0.432. The van der Waals surface area contributed by atoms with Gasteiger partial charge in [-0.15, -0.1) is 0 Å². The van der Waals surface area contributed by atoms with E-state index in [9.17, 15) is 0 Å². The number of pyridine rings is 1. The van der Waals surface area contributed by atoms with Gasteiger partial charge in [0.2, 0.25) is 5.88 Å². The molecule has 1 aliphatic heterocycles. The van der Waals surface area contributed by atoms with E-state index in [0.29, 0.717) is 23.8 Å². The van der Waals surface area contributed by atoms with E-state index in [4.69, 9.17) is 19.7 Å². The Labute approximate surface area is 110 Å². The van der Waals surface area contributed by atoms with Gasteiger partial charge >= 0.3 is 7.12 Å². The lowest BCUT2D eigenvalue weighted by molar-refractivity contribution is 0.275. The van der Waals surface area contributed by atoms with E-state index in [1.54, 1.807) is 18.2 Å². The van der Waals surface area contributed by atoms with Crippen LogP contribution in [0.2, 0.25) is 0 Å². The van der Waals surface area contributed by atoms with Crippen LogP contribution in [0.15, 0.2) is 36.5 Å². The zero-order valence-corrected chi connectivity index (χ0v) is 9.96. The summed E-state index contributed by atoms with van der Waals surface area (Å²) in [6, 6.07) is 10.8. The minimum absolute atomic E-state index is 0.431. The molecule has 0 unspecified atom stereocenters. The van der Waals surface area contributed by atoms with Gasteiger partial charge in [0.15, 0.2) is 0 Å². The van der Waals surface area contributed by atoms with Crippen LogP contribution in [0, 0.1) is 11.3 Å². The van der Waals surface area contributed by atoms with Gasteiger partial charge < -0.3 is 14.4 Å². The Morgan fingerprint density at radius 3 is 3.00 bits per heavy atom. The molecule has 0 amide bonds. The Morgan fingerprint density at radius 2 is 2.26 bits per heavy atom. The zero-order valence-electron chi connectivity index (χ0n) is 9.96. The average Bonchev–Trinajstić information content (AvgIpc) is 2.81. The van der Waals surface area contributed by atoms with Gasteiger partial charge in [-0.2, -0.15) is 5.26 Å². The maximum atomic E-state index is 8.69. The second-order valence-corrected chi connectivity index (χ2v) is 4.15. The fourth-order valence-electron chi connectivity index (χ4n) is 1.92. The van der Waals surface area contributed by atoms with Crippen molar-refractivity contribution in [1.82, 2.24) is 4.98 Å². The van der Waals surface area contributed by atoms with Gasteiger partial charge in [-0.25, -0.2) is 4.98 Å². The number of nitriles is 1. The van der Waals surface area contributed by atoms with Crippen LogP contribution in [-0.2, 0) is 11.3 Å². The Bertz CT molecular complexity index is 652. The summed E-state index contributed by atoms with van der Waals surface area (Å²) < 4.78 is 10.8. The van der Waals surface area contributed by atoms with Gasteiger partial charge in [0.25, 0.3) is 0 Å². The molecule has 1 aromatic heterocycles. The van der Waals surface area contributed by atoms with Crippen molar-refractivity contribution in [2.75, 3.05) is 0 Å². The Balaban J connectivity index is 1.82. The topological polar surface area (TPSA) is 78.0 Å². The highest BCUT2D eigenvalue weighted by Crippen LogP contribution is 2.22. The summed E-state index contributed by atoms with van der Waals surface area (Å²) in [5, 5.41) is 16.3. The van der Waals surface area contributed by atoms with E-state index in [-0.39, 0.29) is 0 Å². The molecule has 0 saturated heterocycles. The summed E-state index contributed by atoms with van der Waals surface area (Å²) in [7, 11) is -0.600. The second-order valence-electron chi connectivity index (χ2n) is 4.15. The first-order chi connectivity index (χ1) is 9.26. The van der Waals surface area contributed by atoms with Crippen molar-refractivity contribution >= 4 is 12.6 Å². The van der Waals surface area contributed by atoms with Crippen molar-refractivity contribution in [3.8, 4) is 17.7 Å². The molecule has 19 heavy (non-hydrogen) atoms. The minimum atomic E-state index is -0.600. The number of nitrogens with zero attached hydrogens (tertiary/aromatic N) is 2. The lowest BCUT2D eigenvalue weighted by atomic mass is 9.80. The van der Waals surface area contributed by atoms with Crippen molar-refractivity contribution in [2.45, 2.75) is 6.61 Å². The molecule has 6 heteroatoms. The van der Waals surface area contributed by atoms with Gasteiger partial charge in [0.05, 0.1) is 17.6 Å². The molecular formula is C13H10BN2O3+. The summed E-state index contributed by atoms with van der Waals surface area (Å²) in [6.07, 6.45) is 1.46. The van der Waals surface area contributed by atoms with E-state index in [1.165, 1.54) is 6.20 Å². The van der Waals surface area contributed by atoms with E-state index >= 15 is 0 Å². The Morgan fingerprint density at radius 1 is 1.37 bits per heavy atom. The maximum absolute atomic E-state index is 8.69. The normalized spacial score (nSPS) is 12.9. The molecule has 0 saturated carbocycles. The molecule has 1 aliphatic rings. The van der Waals surface area contributed by atoms with Crippen LogP contribution in [0.4, 0.5) is 0 Å². The molecular weight excluding hydrogens is 243 g/mol. The molecule has 2 aromatic rings. The highest BCUT2D eigenvalue weighted by Gasteiger charge is 2.36. The summed E-state index contributed by atoms with van der Waals surface area (Å²) in [5.74, 6) is 1.08. The third-order valence-electron chi connectivity index (χ3n) is 2.89. The number of ether oxygens (including phenoxy) is 1. The predicted octanol–water partition coefficient (Wildman–Crippen LogP) is 0.696. The highest BCUT2D eigenvalue weighted by atomic mass is 16.5. The van der Waals surface area contributed by atoms with Gasteiger partial charge in [-0.1, -0.05) is 6.07 Å². The van der Waals surface area contributed by atoms with Crippen molar-refractivity contribution in [3.63, 3.8) is 0 Å². The molecule has 1 aromatic carbocycles. The van der Waals surface area contributed by atoms with Crippen molar-refractivity contribution in [1.29, 1.82) is 5.26 Å². The fourth-order valence-corrected chi connectivity index (χ4v) is 1.92. The molecule has 5 nitrogen and oxygen atoms in total. The van der Waals surface area contributed by atoms with E-state index < -0.39 is 7.12 Å². The predicted molar refractivity (Wildman–Crippen MR) is 69.3 cm³/mol. The number of hydrogen-bond donors (Lipinski definition) is 0. The van der Waals surface area contributed by atoms with Crippen molar-refractivity contribution < 1.29 is 14.4 Å². The molecule has 0 atom stereocenters. The number of rotatable bonds is 2. The lowest BCUT2D eigenvalue weighted by Gasteiger charge is -2.05. The minimum Gasteiger partial charge on any atom is -0.522 e. The number of fused-ring (bicyclic) bond motifs is 1. The molecule has 0 spiro atoms. The SMILES string of the molecule is N#Cc1ccc(Oc2ccc3c(c2)COB3[OH2+])nc1. The van der Waals surface area contributed by atoms with Crippen LogP contribution in [0.3, 0.4) is 0 Å². The smallest absolute Gasteiger partial charge is 0.522 e.